The number of nitrogen functional groups attached to an aromatic ring is 1. The predicted octanol–water partition coefficient (Wildman–Crippen LogP) is 3.13. The highest BCUT2D eigenvalue weighted by Crippen LogP contribution is 2.25. The molecule has 0 saturated carbocycles. The number of anilines is 1. The Bertz CT molecular complexity index is 608. The topological polar surface area (TPSA) is 66.0 Å². The number of rotatable bonds is 4. The first-order valence-corrected chi connectivity index (χ1v) is 7.40. The van der Waals surface area contributed by atoms with E-state index < -0.39 is 0 Å². The Morgan fingerprint density at radius 3 is 2.79 bits per heavy atom. The summed E-state index contributed by atoms with van der Waals surface area (Å²) in [6.07, 6.45) is 0. The van der Waals surface area contributed by atoms with E-state index in [9.17, 15) is 0 Å². The van der Waals surface area contributed by atoms with Gasteiger partial charge >= 0.3 is 0 Å². The first-order valence-electron chi connectivity index (χ1n) is 5.73. The van der Waals surface area contributed by atoms with Crippen molar-refractivity contribution in [1.82, 2.24) is 4.98 Å². The van der Waals surface area contributed by atoms with E-state index in [0.717, 1.165) is 22.4 Å². The average Bonchev–Trinajstić information content (AvgIpc) is 2.74. The van der Waals surface area contributed by atoms with Gasteiger partial charge in [0.25, 0.3) is 0 Å². The van der Waals surface area contributed by atoms with Gasteiger partial charge in [0.2, 0.25) is 0 Å². The van der Waals surface area contributed by atoms with Crippen LogP contribution in [0.25, 0.3) is 0 Å². The lowest BCUT2D eigenvalue weighted by molar-refractivity contribution is 0.925. The fourth-order valence-electron chi connectivity index (χ4n) is 1.74. The van der Waals surface area contributed by atoms with Gasteiger partial charge in [0.05, 0.1) is 17.7 Å². The van der Waals surface area contributed by atoms with Gasteiger partial charge in [-0.05, 0) is 41.1 Å². The lowest BCUT2D eigenvalue weighted by Gasteiger charge is -2.19. The van der Waals surface area contributed by atoms with Crippen molar-refractivity contribution in [3.8, 4) is 0 Å². The van der Waals surface area contributed by atoms with Gasteiger partial charge in [-0.3, -0.25) is 5.41 Å². The van der Waals surface area contributed by atoms with Crippen LogP contribution in [0.4, 0.5) is 5.69 Å². The van der Waals surface area contributed by atoms with E-state index in [0.29, 0.717) is 5.56 Å². The van der Waals surface area contributed by atoms with Crippen molar-refractivity contribution in [2.24, 2.45) is 5.73 Å². The molecule has 0 atom stereocenters. The lowest BCUT2D eigenvalue weighted by atomic mass is 10.2. The molecule has 0 amide bonds. The molecule has 0 bridgehead atoms. The summed E-state index contributed by atoms with van der Waals surface area (Å²) in [4.78, 5) is 7.66. The van der Waals surface area contributed by atoms with Gasteiger partial charge in [0, 0.05) is 27.6 Å². The summed E-state index contributed by atoms with van der Waals surface area (Å²) in [6.45, 7) is 2.84. The highest BCUT2D eigenvalue weighted by molar-refractivity contribution is 9.10. The number of nitrogens with one attached hydrogen (secondary N) is 1. The van der Waals surface area contributed by atoms with Crippen LogP contribution in [0.1, 0.15) is 16.1 Å². The summed E-state index contributed by atoms with van der Waals surface area (Å²) >= 11 is 5.12. The number of thiazole rings is 1. The highest BCUT2D eigenvalue weighted by atomic mass is 79.9. The largest absolute Gasteiger partial charge is 0.384 e. The summed E-state index contributed by atoms with van der Waals surface area (Å²) in [5.41, 5.74) is 10.2. The minimum atomic E-state index is 0.0689. The zero-order valence-electron chi connectivity index (χ0n) is 10.8. The quantitative estimate of drug-likeness (QED) is 0.664. The maximum Gasteiger partial charge on any atom is 0.123 e. The van der Waals surface area contributed by atoms with Crippen LogP contribution >= 0.6 is 27.3 Å². The molecule has 0 fully saturated rings. The summed E-state index contributed by atoms with van der Waals surface area (Å²) < 4.78 is 0.838. The van der Waals surface area contributed by atoms with Crippen molar-refractivity contribution in [3.63, 3.8) is 0 Å². The Morgan fingerprint density at radius 1 is 1.53 bits per heavy atom. The minimum Gasteiger partial charge on any atom is -0.384 e. The Kier molecular flexibility index (Phi) is 4.21. The molecule has 2 aromatic rings. The zero-order chi connectivity index (χ0) is 14.0. The highest BCUT2D eigenvalue weighted by Gasteiger charge is 2.09. The van der Waals surface area contributed by atoms with E-state index in [2.05, 4.69) is 25.8 Å². The molecule has 0 aliphatic rings. The van der Waals surface area contributed by atoms with Crippen LogP contribution in [-0.4, -0.2) is 17.9 Å². The van der Waals surface area contributed by atoms with Gasteiger partial charge in [-0.1, -0.05) is 0 Å². The van der Waals surface area contributed by atoms with Crippen molar-refractivity contribution >= 4 is 38.8 Å². The molecule has 3 N–H and O–H groups in total. The van der Waals surface area contributed by atoms with Crippen LogP contribution in [0.5, 0.6) is 0 Å². The molecule has 0 saturated heterocycles. The lowest BCUT2D eigenvalue weighted by Crippen LogP contribution is -2.17. The summed E-state index contributed by atoms with van der Waals surface area (Å²) in [5, 5.41) is 7.47. The molecule has 0 radical (unpaired) electrons. The SMILES string of the molecule is Cc1ncsc1CN(C)c1ccc(C(=N)N)c(Br)c1. The van der Waals surface area contributed by atoms with E-state index in [-0.39, 0.29) is 5.84 Å². The van der Waals surface area contributed by atoms with Crippen LogP contribution in [0.3, 0.4) is 0 Å². The third-order valence-electron chi connectivity index (χ3n) is 2.91. The summed E-state index contributed by atoms with van der Waals surface area (Å²) in [7, 11) is 2.04. The Labute approximate surface area is 124 Å². The van der Waals surface area contributed by atoms with Crippen molar-refractivity contribution in [2.75, 3.05) is 11.9 Å². The van der Waals surface area contributed by atoms with Crippen molar-refractivity contribution in [1.29, 1.82) is 5.41 Å². The second-order valence-electron chi connectivity index (χ2n) is 4.29. The molecular weight excluding hydrogens is 324 g/mol. The summed E-state index contributed by atoms with van der Waals surface area (Å²) in [6, 6.07) is 5.81. The molecule has 2 rings (SSSR count). The number of nitrogens with two attached hydrogens (primary N) is 1. The van der Waals surface area contributed by atoms with Gasteiger partial charge < -0.3 is 10.6 Å². The number of amidine groups is 1. The molecule has 1 aromatic carbocycles. The van der Waals surface area contributed by atoms with Gasteiger partial charge in [-0.25, -0.2) is 4.98 Å². The smallest absolute Gasteiger partial charge is 0.123 e. The molecule has 100 valence electrons. The molecule has 19 heavy (non-hydrogen) atoms. The molecule has 0 aliphatic carbocycles. The van der Waals surface area contributed by atoms with Crippen LogP contribution in [0, 0.1) is 12.3 Å². The third-order valence-corrected chi connectivity index (χ3v) is 4.49. The minimum absolute atomic E-state index is 0.0689. The number of nitrogens with zero attached hydrogens (tertiary/aromatic N) is 2. The van der Waals surface area contributed by atoms with Gasteiger partial charge in [0.15, 0.2) is 0 Å². The van der Waals surface area contributed by atoms with E-state index >= 15 is 0 Å². The molecule has 6 heteroatoms. The number of hydrogen-bond acceptors (Lipinski definition) is 4. The normalized spacial score (nSPS) is 10.5. The second-order valence-corrected chi connectivity index (χ2v) is 6.09. The molecule has 1 aromatic heterocycles. The van der Waals surface area contributed by atoms with Crippen LogP contribution < -0.4 is 10.6 Å². The zero-order valence-corrected chi connectivity index (χ0v) is 13.2. The average molecular weight is 339 g/mol. The molecule has 0 unspecified atom stereocenters. The molecule has 0 spiro atoms. The van der Waals surface area contributed by atoms with E-state index in [1.165, 1.54) is 4.88 Å². The van der Waals surface area contributed by atoms with Gasteiger partial charge in [-0.2, -0.15) is 0 Å². The maximum atomic E-state index is 7.47. The van der Waals surface area contributed by atoms with Gasteiger partial charge in [-0.15, -0.1) is 11.3 Å². The second kappa shape index (κ2) is 5.71. The number of halogens is 1. The van der Waals surface area contributed by atoms with Crippen molar-refractivity contribution < 1.29 is 0 Å². The monoisotopic (exact) mass is 338 g/mol. The predicted molar refractivity (Wildman–Crippen MR) is 84.1 cm³/mol. The fourth-order valence-corrected chi connectivity index (χ4v) is 3.15. The van der Waals surface area contributed by atoms with E-state index in [4.69, 9.17) is 11.1 Å². The molecule has 1 heterocycles. The first-order chi connectivity index (χ1) is 8.99. The first kappa shape index (κ1) is 14.0. The van der Waals surface area contributed by atoms with Gasteiger partial charge in [0.1, 0.15) is 5.84 Å². The van der Waals surface area contributed by atoms with Crippen LogP contribution in [0.15, 0.2) is 28.2 Å². The Balaban J connectivity index is 2.20. The number of hydrogen-bond donors (Lipinski definition) is 2. The fraction of sp³-hybridized carbons (Fsp3) is 0.231. The molecule has 4 nitrogen and oxygen atoms in total. The number of aromatic nitrogens is 1. The molecule has 0 aliphatic heterocycles. The molecular formula is C13H15BrN4S. The maximum absolute atomic E-state index is 7.47. The summed E-state index contributed by atoms with van der Waals surface area (Å²) in [5.74, 6) is 0.0689. The van der Waals surface area contributed by atoms with Crippen molar-refractivity contribution in [2.45, 2.75) is 13.5 Å². The third kappa shape index (κ3) is 3.13. The van der Waals surface area contributed by atoms with Crippen molar-refractivity contribution in [3.05, 3.63) is 44.3 Å². The Morgan fingerprint density at radius 2 is 2.26 bits per heavy atom. The number of benzene rings is 1. The Hall–Kier alpha value is -1.40. The van der Waals surface area contributed by atoms with Crippen LogP contribution in [-0.2, 0) is 6.54 Å². The van der Waals surface area contributed by atoms with Crippen LogP contribution in [0.2, 0.25) is 0 Å². The standard InChI is InChI=1S/C13H15BrN4S/c1-8-12(19-7-17-8)6-18(2)9-3-4-10(13(15)16)11(14)5-9/h3-5,7H,6H2,1-2H3,(H3,15,16). The number of aryl methyl sites for hydroxylation is 1. The van der Waals surface area contributed by atoms with E-state index in [1.54, 1.807) is 11.3 Å². The van der Waals surface area contributed by atoms with E-state index in [1.807, 2.05) is 37.7 Å².